The topological polar surface area (TPSA) is 61.4 Å². The molecule has 2 aliphatic rings. The van der Waals surface area contributed by atoms with Crippen molar-refractivity contribution in [1.82, 2.24) is 15.5 Å². The molecule has 142 valence electrons. The molecule has 0 aromatic heterocycles. The largest absolute Gasteiger partial charge is 0.354 e. The maximum absolute atomic E-state index is 12.9. The van der Waals surface area contributed by atoms with Gasteiger partial charge in [-0.25, -0.2) is 4.39 Å². The standard InChI is InChI=1S/C20H28FN3O2/c21-17-9-7-15(8-10-17)19(25)22-11-12-23-20(26)16-4-3-13-24(14-16)18-5-1-2-6-18/h7-10,16,18H,1-6,11-14H2,(H,22,25)(H,23,26)/t16-/m0/s1. The Morgan fingerprint density at radius 2 is 1.69 bits per heavy atom. The van der Waals surface area contributed by atoms with Crippen molar-refractivity contribution in [2.45, 2.75) is 44.6 Å². The van der Waals surface area contributed by atoms with E-state index < -0.39 is 0 Å². The average molecular weight is 361 g/mol. The second-order valence-corrected chi connectivity index (χ2v) is 7.33. The number of carbonyl (C=O) groups excluding carboxylic acids is 2. The summed E-state index contributed by atoms with van der Waals surface area (Å²) in [6.45, 7) is 2.74. The number of nitrogens with one attached hydrogen (secondary N) is 2. The molecule has 3 rings (SSSR count). The van der Waals surface area contributed by atoms with E-state index in [0.29, 0.717) is 24.7 Å². The second kappa shape index (κ2) is 9.12. The van der Waals surface area contributed by atoms with Gasteiger partial charge in [-0.3, -0.25) is 14.5 Å². The minimum Gasteiger partial charge on any atom is -0.354 e. The zero-order valence-corrected chi connectivity index (χ0v) is 15.2. The van der Waals surface area contributed by atoms with Crippen molar-refractivity contribution in [2.75, 3.05) is 26.2 Å². The van der Waals surface area contributed by atoms with Crippen LogP contribution in [-0.2, 0) is 4.79 Å². The third kappa shape index (κ3) is 5.04. The summed E-state index contributed by atoms with van der Waals surface area (Å²) in [6.07, 6.45) is 7.18. The summed E-state index contributed by atoms with van der Waals surface area (Å²) < 4.78 is 12.9. The number of amides is 2. The first-order chi connectivity index (χ1) is 12.6. The lowest BCUT2D eigenvalue weighted by Crippen LogP contribution is -2.47. The number of hydrogen-bond donors (Lipinski definition) is 2. The predicted molar refractivity (Wildman–Crippen MR) is 98.3 cm³/mol. The van der Waals surface area contributed by atoms with E-state index in [2.05, 4.69) is 15.5 Å². The molecule has 1 heterocycles. The number of benzene rings is 1. The number of nitrogens with zero attached hydrogens (tertiary/aromatic N) is 1. The molecule has 0 unspecified atom stereocenters. The fourth-order valence-corrected chi connectivity index (χ4v) is 4.03. The van der Waals surface area contributed by atoms with Crippen LogP contribution in [0.1, 0.15) is 48.9 Å². The van der Waals surface area contributed by atoms with Gasteiger partial charge < -0.3 is 10.6 Å². The van der Waals surface area contributed by atoms with Gasteiger partial charge in [0.15, 0.2) is 0 Å². The highest BCUT2D eigenvalue weighted by Gasteiger charge is 2.30. The molecule has 0 radical (unpaired) electrons. The Hall–Kier alpha value is -1.95. The molecule has 1 saturated heterocycles. The average Bonchev–Trinajstić information content (AvgIpc) is 3.20. The minimum absolute atomic E-state index is 0.0529. The summed E-state index contributed by atoms with van der Waals surface area (Å²) in [6, 6.07) is 6.08. The molecule has 2 fully saturated rings. The molecular weight excluding hydrogens is 333 g/mol. The molecule has 0 bridgehead atoms. The molecule has 2 N–H and O–H groups in total. The van der Waals surface area contributed by atoms with Gasteiger partial charge in [0.25, 0.3) is 5.91 Å². The Morgan fingerprint density at radius 3 is 2.42 bits per heavy atom. The lowest BCUT2D eigenvalue weighted by atomic mass is 9.95. The van der Waals surface area contributed by atoms with Crippen LogP contribution >= 0.6 is 0 Å². The maximum atomic E-state index is 12.9. The van der Waals surface area contributed by atoms with Crippen LogP contribution in [0.5, 0.6) is 0 Å². The summed E-state index contributed by atoms with van der Waals surface area (Å²) in [5.74, 6) is -0.488. The number of piperidine rings is 1. The Morgan fingerprint density at radius 1 is 1.00 bits per heavy atom. The molecule has 5 nitrogen and oxygen atoms in total. The lowest BCUT2D eigenvalue weighted by molar-refractivity contribution is -0.127. The van der Waals surface area contributed by atoms with Crippen LogP contribution in [0.2, 0.25) is 0 Å². The minimum atomic E-state index is -0.368. The Labute approximate surface area is 154 Å². The van der Waals surface area contributed by atoms with Crippen molar-refractivity contribution in [3.8, 4) is 0 Å². The molecule has 6 heteroatoms. The number of hydrogen-bond acceptors (Lipinski definition) is 3. The lowest BCUT2D eigenvalue weighted by Gasteiger charge is -2.36. The van der Waals surface area contributed by atoms with Gasteiger partial charge in [0.1, 0.15) is 5.82 Å². The zero-order valence-electron chi connectivity index (χ0n) is 15.2. The second-order valence-electron chi connectivity index (χ2n) is 7.33. The maximum Gasteiger partial charge on any atom is 0.251 e. The Kier molecular flexibility index (Phi) is 6.61. The van der Waals surface area contributed by atoms with E-state index >= 15 is 0 Å². The van der Waals surface area contributed by atoms with Gasteiger partial charge in [0.2, 0.25) is 5.91 Å². The highest BCUT2D eigenvalue weighted by Crippen LogP contribution is 2.27. The quantitative estimate of drug-likeness (QED) is 0.765. The van der Waals surface area contributed by atoms with Gasteiger partial charge in [-0.05, 0) is 56.5 Å². The van der Waals surface area contributed by atoms with Gasteiger partial charge in [-0.15, -0.1) is 0 Å². The highest BCUT2D eigenvalue weighted by atomic mass is 19.1. The van der Waals surface area contributed by atoms with Crippen LogP contribution in [0, 0.1) is 11.7 Å². The van der Waals surface area contributed by atoms with E-state index in [0.717, 1.165) is 25.9 Å². The molecular formula is C20H28FN3O2. The number of halogens is 1. The smallest absolute Gasteiger partial charge is 0.251 e. The van der Waals surface area contributed by atoms with E-state index in [1.165, 1.54) is 49.9 Å². The highest BCUT2D eigenvalue weighted by molar-refractivity contribution is 5.94. The first kappa shape index (κ1) is 18.8. The van der Waals surface area contributed by atoms with E-state index in [4.69, 9.17) is 0 Å². The summed E-state index contributed by atoms with van der Waals surface area (Å²) in [7, 11) is 0. The van der Waals surface area contributed by atoms with Crippen LogP contribution in [0.25, 0.3) is 0 Å². The van der Waals surface area contributed by atoms with Crippen molar-refractivity contribution >= 4 is 11.8 Å². The molecule has 1 saturated carbocycles. The van der Waals surface area contributed by atoms with Gasteiger partial charge in [0, 0.05) is 31.2 Å². The van der Waals surface area contributed by atoms with Crippen LogP contribution in [0.15, 0.2) is 24.3 Å². The molecule has 0 spiro atoms. The molecule has 1 atom stereocenters. The zero-order chi connectivity index (χ0) is 18.4. The van der Waals surface area contributed by atoms with Crippen molar-refractivity contribution in [2.24, 2.45) is 5.92 Å². The third-order valence-corrected chi connectivity index (χ3v) is 5.48. The summed E-state index contributed by atoms with van der Waals surface area (Å²) in [5, 5.41) is 5.68. The molecule has 26 heavy (non-hydrogen) atoms. The fourth-order valence-electron chi connectivity index (χ4n) is 4.03. The van der Waals surface area contributed by atoms with Gasteiger partial charge in [-0.1, -0.05) is 12.8 Å². The molecule has 1 aromatic rings. The molecule has 2 amide bonds. The Bertz CT molecular complexity index is 614. The van der Waals surface area contributed by atoms with E-state index in [1.807, 2.05) is 0 Å². The SMILES string of the molecule is O=C(NCCNC(=O)[C@H]1CCCN(C2CCCC2)C1)c1ccc(F)cc1. The van der Waals surface area contributed by atoms with E-state index in [-0.39, 0.29) is 23.5 Å². The van der Waals surface area contributed by atoms with Gasteiger partial charge >= 0.3 is 0 Å². The van der Waals surface area contributed by atoms with Crippen LogP contribution in [0.4, 0.5) is 4.39 Å². The first-order valence-corrected chi connectivity index (χ1v) is 9.69. The van der Waals surface area contributed by atoms with Crippen LogP contribution < -0.4 is 10.6 Å². The molecule has 1 aliphatic heterocycles. The fraction of sp³-hybridized carbons (Fsp3) is 0.600. The van der Waals surface area contributed by atoms with E-state index in [1.54, 1.807) is 0 Å². The first-order valence-electron chi connectivity index (χ1n) is 9.69. The van der Waals surface area contributed by atoms with Gasteiger partial charge in [0.05, 0.1) is 5.92 Å². The Balaban J connectivity index is 1.37. The summed E-state index contributed by atoms with van der Waals surface area (Å²) in [4.78, 5) is 26.9. The molecule has 1 aliphatic carbocycles. The van der Waals surface area contributed by atoms with Crippen molar-refractivity contribution < 1.29 is 14.0 Å². The number of carbonyl (C=O) groups is 2. The summed E-state index contributed by atoms with van der Waals surface area (Å²) >= 11 is 0. The number of likely N-dealkylation sites (tertiary alicyclic amines) is 1. The third-order valence-electron chi connectivity index (χ3n) is 5.48. The number of rotatable bonds is 6. The van der Waals surface area contributed by atoms with Crippen molar-refractivity contribution in [1.29, 1.82) is 0 Å². The normalized spacial score (nSPS) is 21.5. The van der Waals surface area contributed by atoms with E-state index in [9.17, 15) is 14.0 Å². The van der Waals surface area contributed by atoms with Crippen LogP contribution in [0.3, 0.4) is 0 Å². The van der Waals surface area contributed by atoms with Crippen molar-refractivity contribution in [3.05, 3.63) is 35.6 Å². The predicted octanol–water partition coefficient (Wildman–Crippen LogP) is 2.33. The monoisotopic (exact) mass is 361 g/mol. The van der Waals surface area contributed by atoms with Crippen LogP contribution in [-0.4, -0.2) is 48.9 Å². The van der Waals surface area contributed by atoms with Crippen molar-refractivity contribution in [3.63, 3.8) is 0 Å². The molecule has 1 aromatic carbocycles. The van der Waals surface area contributed by atoms with Gasteiger partial charge in [-0.2, -0.15) is 0 Å². The summed E-state index contributed by atoms with van der Waals surface area (Å²) in [5.41, 5.74) is 0.414.